The van der Waals surface area contributed by atoms with Crippen molar-refractivity contribution in [1.29, 1.82) is 0 Å². The summed E-state index contributed by atoms with van der Waals surface area (Å²) < 4.78 is 17.0. The van der Waals surface area contributed by atoms with Gasteiger partial charge in [-0.25, -0.2) is 0 Å². The van der Waals surface area contributed by atoms with Crippen molar-refractivity contribution in [3.63, 3.8) is 0 Å². The summed E-state index contributed by atoms with van der Waals surface area (Å²) in [4.78, 5) is 2.39. The Kier molecular flexibility index (Phi) is 6.17. The normalized spacial score (nSPS) is 14.3. The molecule has 0 saturated carbocycles. The van der Waals surface area contributed by atoms with Gasteiger partial charge in [-0.2, -0.15) is 5.10 Å². The van der Waals surface area contributed by atoms with E-state index in [-0.39, 0.29) is 6.04 Å². The number of ether oxygens (including phenoxy) is 2. The van der Waals surface area contributed by atoms with Crippen molar-refractivity contribution in [2.45, 2.75) is 26.4 Å². The number of nitrogens with zero attached hydrogens (tertiary/aromatic N) is 2. The minimum absolute atomic E-state index is 0.199. The maximum atomic E-state index is 5.72. The van der Waals surface area contributed by atoms with Crippen LogP contribution in [0.2, 0.25) is 0 Å². The first-order chi connectivity index (χ1) is 14.3. The van der Waals surface area contributed by atoms with Gasteiger partial charge in [0.1, 0.15) is 19.0 Å². The van der Waals surface area contributed by atoms with Crippen molar-refractivity contribution >= 4 is 0 Å². The number of aromatic amines is 1. The van der Waals surface area contributed by atoms with Gasteiger partial charge in [0.05, 0.1) is 24.2 Å². The molecule has 0 spiro atoms. The number of hydrogen-bond donors (Lipinski definition) is 2. The van der Waals surface area contributed by atoms with Crippen LogP contribution in [0.5, 0.6) is 11.5 Å². The number of aromatic nitrogens is 2. The van der Waals surface area contributed by atoms with E-state index in [0.29, 0.717) is 19.8 Å². The van der Waals surface area contributed by atoms with Gasteiger partial charge in [-0.05, 0) is 43.4 Å². The van der Waals surface area contributed by atoms with E-state index in [0.717, 1.165) is 53.7 Å². The van der Waals surface area contributed by atoms with Crippen molar-refractivity contribution in [3.05, 3.63) is 54.1 Å². The minimum atomic E-state index is 0.199. The molecule has 1 unspecified atom stereocenters. The number of hydrogen-bond acceptors (Lipinski definition) is 6. The average molecular weight is 396 g/mol. The molecule has 0 radical (unpaired) electrons. The molecule has 0 aliphatic carbocycles. The third-order valence-electron chi connectivity index (χ3n) is 5.33. The third kappa shape index (κ3) is 4.31. The maximum absolute atomic E-state index is 5.72. The van der Waals surface area contributed by atoms with E-state index in [2.05, 4.69) is 34.3 Å². The predicted molar refractivity (Wildman–Crippen MR) is 111 cm³/mol. The van der Waals surface area contributed by atoms with Crippen LogP contribution >= 0.6 is 0 Å². The van der Waals surface area contributed by atoms with Gasteiger partial charge in [-0.15, -0.1) is 0 Å². The highest BCUT2D eigenvalue weighted by atomic mass is 16.6. The van der Waals surface area contributed by atoms with Crippen molar-refractivity contribution < 1.29 is 13.9 Å². The quantitative estimate of drug-likeness (QED) is 0.575. The molecule has 0 saturated heterocycles. The number of likely N-dealkylation sites (N-methyl/N-ethyl adjacent to an activating group) is 1. The molecule has 0 amide bonds. The Labute approximate surface area is 171 Å². The molecular formula is C22H28N4O3. The van der Waals surface area contributed by atoms with Gasteiger partial charge >= 0.3 is 0 Å². The van der Waals surface area contributed by atoms with Gasteiger partial charge < -0.3 is 19.2 Å². The van der Waals surface area contributed by atoms with Crippen molar-refractivity contribution in [2.75, 3.05) is 32.8 Å². The highest BCUT2D eigenvalue weighted by Gasteiger charge is 2.21. The summed E-state index contributed by atoms with van der Waals surface area (Å²) in [6.45, 7) is 8.96. The number of benzene rings is 1. The van der Waals surface area contributed by atoms with E-state index in [1.165, 1.54) is 0 Å². The van der Waals surface area contributed by atoms with E-state index in [4.69, 9.17) is 13.9 Å². The smallest absolute Gasteiger partial charge is 0.162 e. The molecule has 7 nitrogen and oxygen atoms in total. The second-order valence-electron chi connectivity index (χ2n) is 7.01. The number of rotatable bonds is 9. The summed E-state index contributed by atoms with van der Waals surface area (Å²) >= 11 is 0. The molecule has 1 aromatic carbocycles. The van der Waals surface area contributed by atoms with E-state index >= 15 is 0 Å². The third-order valence-corrected chi connectivity index (χ3v) is 5.33. The van der Waals surface area contributed by atoms with E-state index < -0.39 is 0 Å². The molecule has 0 bridgehead atoms. The van der Waals surface area contributed by atoms with Crippen LogP contribution in [-0.4, -0.2) is 47.9 Å². The Balaban J connectivity index is 1.45. The zero-order valence-electron chi connectivity index (χ0n) is 17.0. The Morgan fingerprint density at radius 3 is 2.72 bits per heavy atom. The summed E-state index contributed by atoms with van der Waals surface area (Å²) in [6, 6.07) is 10.2. The molecule has 4 rings (SSSR count). The second-order valence-corrected chi connectivity index (χ2v) is 7.01. The van der Waals surface area contributed by atoms with E-state index in [1.807, 2.05) is 36.5 Å². The SMILES string of the molecule is CCN(CC)C(CNCc1cn[nH]c1-c1ccc2c(c1)OCCO2)c1ccco1. The lowest BCUT2D eigenvalue weighted by atomic mass is 10.1. The summed E-state index contributed by atoms with van der Waals surface area (Å²) in [5.41, 5.74) is 3.14. The molecule has 2 aromatic heterocycles. The molecular weight excluding hydrogens is 368 g/mol. The van der Waals surface area contributed by atoms with Gasteiger partial charge in [0.2, 0.25) is 0 Å². The van der Waals surface area contributed by atoms with Gasteiger partial charge in [-0.1, -0.05) is 13.8 Å². The monoisotopic (exact) mass is 396 g/mol. The lowest BCUT2D eigenvalue weighted by molar-refractivity contribution is 0.171. The first kappa shape index (κ1) is 19.5. The van der Waals surface area contributed by atoms with Crippen LogP contribution in [0.3, 0.4) is 0 Å². The summed E-state index contributed by atoms with van der Waals surface area (Å²) in [7, 11) is 0. The van der Waals surface area contributed by atoms with Crippen molar-refractivity contribution in [2.24, 2.45) is 0 Å². The molecule has 154 valence electrons. The summed E-state index contributed by atoms with van der Waals surface area (Å²) in [5, 5.41) is 11.0. The maximum Gasteiger partial charge on any atom is 0.162 e. The highest BCUT2D eigenvalue weighted by Crippen LogP contribution is 2.34. The van der Waals surface area contributed by atoms with Crippen LogP contribution in [0.15, 0.2) is 47.2 Å². The highest BCUT2D eigenvalue weighted by molar-refractivity contribution is 5.66. The number of furan rings is 1. The van der Waals surface area contributed by atoms with Crippen LogP contribution in [0, 0.1) is 0 Å². The lowest BCUT2D eigenvalue weighted by Crippen LogP contribution is -2.35. The van der Waals surface area contributed by atoms with Crippen LogP contribution in [-0.2, 0) is 6.54 Å². The largest absolute Gasteiger partial charge is 0.486 e. The molecule has 1 aliphatic heterocycles. The Bertz CT molecular complexity index is 903. The molecule has 3 aromatic rings. The summed E-state index contributed by atoms with van der Waals surface area (Å²) in [6.07, 6.45) is 3.61. The number of fused-ring (bicyclic) bond motifs is 1. The number of H-pyrrole nitrogens is 1. The van der Waals surface area contributed by atoms with Crippen molar-refractivity contribution in [1.82, 2.24) is 20.4 Å². The predicted octanol–water partition coefficient (Wildman–Crippen LogP) is 3.61. The van der Waals surface area contributed by atoms with Gasteiger partial charge in [0.25, 0.3) is 0 Å². The molecule has 2 N–H and O–H groups in total. The Morgan fingerprint density at radius 2 is 1.97 bits per heavy atom. The zero-order valence-corrected chi connectivity index (χ0v) is 17.0. The standard InChI is InChI=1S/C22H28N4O3/c1-3-26(4-2)18(19-6-5-9-27-19)15-23-13-17-14-24-25-22(17)16-7-8-20-21(12-16)29-11-10-28-20/h5-9,12,14,18,23H,3-4,10-11,13,15H2,1-2H3,(H,24,25). The van der Waals surface area contributed by atoms with Crippen LogP contribution < -0.4 is 14.8 Å². The Morgan fingerprint density at radius 1 is 1.14 bits per heavy atom. The van der Waals surface area contributed by atoms with Crippen LogP contribution in [0.25, 0.3) is 11.3 Å². The second kappa shape index (κ2) is 9.15. The van der Waals surface area contributed by atoms with Crippen LogP contribution in [0.4, 0.5) is 0 Å². The molecule has 3 heterocycles. The van der Waals surface area contributed by atoms with E-state index in [1.54, 1.807) is 6.26 Å². The van der Waals surface area contributed by atoms with Gasteiger partial charge in [0.15, 0.2) is 11.5 Å². The summed E-state index contributed by atoms with van der Waals surface area (Å²) in [5.74, 6) is 2.56. The Hall–Kier alpha value is -2.77. The topological polar surface area (TPSA) is 75.6 Å². The van der Waals surface area contributed by atoms with Crippen molar-refractivity contribution in [3.8, 4) is 22.8 Å². The molecule has 1 aliphatic rings. The molecule has 1 atom stereocenters. The zero-order chi connectivity index (χ0) is 20.1. The number of nitrogens with one attached hydrogen (secondary N) is 2. The minimum Gasteiger partial charge on any atom is -0.486 e. The fraction of sp³-hybridized carbons (Fsp3) is 0.409. The molecule has 29 heavy (non-hydrogen) atoms. The fourth-order valence-corrected chi connectivity index (χ4v) is 3.79. The first-order valence-electron chi connectivity index (χ1n) is 10.2. The van der Waals surface area contributed by atoms with Gasteiger partial charge in [0, 0.05) is 24.2 Å². The van der Waals surface area contributed by atoms with Crippen LogP contribution in [0.1, 0.15) is 31.2 Å². The van der Waals surface area contributed by atoms with E-state index in [9.17, 15) is 0 Å². The molecule has 0 fully saturated rings. The lowest BCUT2D eigenvalue weighted by Gasteiger charge is -2.28. The molecule has 7 heteroatoms. The first-order valence-corrected chi connectivity index (χ1v) is 10.2. The average Bonchev–Trinajstić information content (AvgIpc) is 3.45. The fourth-order valence-electron chi connectivity index (χ4n) is 3.79. The van der Waals surface area contributed by atoms with Gasteiger partial charge in [-0.3, -0.25) is 10.00 Å².